The molecule has 10 heteroatoms. The van der Waals surface area contributed by atoms with Crippen LogP contribution in [0.5, 0.6) is 5.75 Å². The summed E-state index contributed by atoms with van der Waals surface area (Å²) in [5, 5.41) is 1.00. The summed E-state index contributed by atoms with van der Waals surface area (Å²) in [6, 6.07) is 10.1. The van der Waals surface area contributed by atoms with E-state index in [1.807, 2.05) is 6.92 Å². The number of nitrogens with zero attached hydrogens (tertiary/aromatic N) is 3. The van der Waals surface area contributed by atoms with Gasteiger partial charge >= 0.3 is 0 Å². The molecule has 0 saturated heterocycles. The Bertz CT molecular complexity index is 1240. The molecule has 1 amide bonds. The number of aryl methyl sites for hydroxylation is 1. The lowest BCUT2D eigenvalue weighted by Gasteiger charge is -2.24. The second kappa shape index (κ2) is 11.5. The van der Waals surface area contributed by atoms with Crippen LogP contribution in [0, 0.1) is 6.92 Å². The molecule has 7 nitrogen and oxygen atoms in total. The third-order valence-corrected chi connectivity index (χ3v) is 8.97. The SMILES string of the molecule is CCN(CC)CCN(C(=O)CCS(=O)(=O)c1ccc(C)cc1)c1nc2c(OC)ccc(Cl)c2s1. The Labute approximate surface area is 210 Å². The van der Waals surface area contributed by atoms with E-state index in [1.165, 1.54) is 11.3 Å². The highest BCUT2D eigenvalue weighted by atomic mass is 35.5. The Morgan fingerprint density at radius 3 is 2.38 bits per heavy atom. The monoisotopic (exact) mass is 523 g/mol. The summed E-state index contributed by atoms with van der Waals surface area (Å²) in [5.41, 5.74) is 1.56. The fraction of sp³-hybridized carbons (Fsp3) is 0.417. The van der Waals surface area contributed by atoms with Crippen LogP contribution in [-0.2, 0) is 14.6 Å². The van der Waals surface area contributed by atoms with E-state index in [-0.39, 0.29) is 23.0 Å². The predicted octanol–water partition coefficient (Wildman–Crippen LogP) is 4.81. The van der Waals surface area contributed by atoms with Gasteiger partial charge in [0, 0.05) is 19.5 Å². The van der Waals surface area contributed by atoms with Gasteiger partial charge in [-0.3, -0.25) is 9.69 Å². The second-order valence-corrected chi connectivity index (χ2v) is 11.4. The Morgan fingerprint density at radius 1 is 1.09 bits per heavy atom. The van der Waals surface area contributed by atoms with Crippen LogP contribution in [-0.4, -0.2) is 63.3 Å². The zero-order chi connectivity index (χ0) is 24.9. The maximum atomic E-state index is 13.3. The summed E-state index contributed by atoms with van der Waals surface area (Å²) in [6.45, 7) is 8.75. The summed E-state index contributed by atoms with van der Waals surface area (Å²) in [7, 11) is -2.03. The van der Waals surface area contributed by atoms with Crippen LogP contribution in [0.25, 0.3) is 10.2 Å². The molecule has 0 fully saturated rings. The van der Waals surface area contributed by atoms with Crippen LogP contribution in [0.2, 0.25) is 5.02 Å². The van der Waals surface area contributed by atoms with Crippen LogP contribution in [0.3, 0.4) is 0 Å². The minimum absolute atomic E-state index is 0.144. The molecule has 184 valence electrons. The number of benzene rings is 2. The molecule has 0 atom stereocenters. The number of carbonyl (C=O) groups excluding carboxylic acids is 1. The van der Waals surface area contributed by atoms with Gasteiger partial charge in [-0.25, -0.2) is 13.4 Å². The van der Waals surface area contributed by atoms with Crippen LogP contribution < -0.4 is 9.64 Å². The molecule has 3 aromatic rings. The van der Waals surface area contributed by atoms with Crippen molar-refractivity contribution in [2.75, 3.05) is 43.9 Å². The number of carbonyl (C=O) groups is 1. The molecule has 0 N–H and O–H groups in total. The fourth-order valence-electron chi connectivity index (χ4n) is 3.55. The number of hydrogen-bond donors (Lipinski definition) is 0. The maximum absolute atomic E-state index is 13.3. The van der Waals surface area contributed by atoms with Crippen LogP contribution in [0.15, 0.2) is 41.3 Å². The minimum Gasteiger partial charge on any atom is -0.494 e. The van der Waals surface area contributed by atoms with E-state index in [1.54, 1.807) is 48.4 Å². The molecule has 1 heterocycles. The van der Waals surface area contributed by atoms with E-state index in [0.717, 1.165) is 23.4 Å². The smallest absolute Gasteiger partial charge is 0.229 e. The van der Waals surface area contributed by atoms with Crippen LogP contribution in [0.4, 0.5) is 5.13 Å². The van der Waals surface area contributed by atoms with Gasteiger partial charge in [0.1, 0.15) is 11.3 Å². The average Bonchev–Trinajstić information content (AvgIpc) is 3.27. The molecule has 0 saturated carbocycles. The number of ether oxygens (including phenoxy) is 1. The van der Waals surface area contributed by atoms with Crippen molar-refractivity contribution < 1.29 is 17.9 Å². The molecular formula is C24H30ClN3O4S2. The van der Waals surface area contributed by atoms with Crippen molar-refractivity contribution in [2.45, 2.75) is 32.1 Å². The van der Waals surface area contributed by atoms with Crippen molar-refractivity contribution in [3.8, 4) is 5.75 Å². The quantitative estimate of drug-likeness (QED) is 0.359. The molecule has 2 aromatic carbocycles. The zero-order valence-electron chi connectivity index (χ0n) is 19.9. The lowest BCUT2D eigenvalue weighted by atomic mass is 10.2. The lowest BCUT2D eigenvalue weighted by Crippen LogP contribution is -2.39. The number of rotatable bonds is 11. The Kier molecular flexibility index (Phi) is 8.92. The van der Waals surface area contributed by atoms with Crippen molar-refractivity contribution in [1.82, 2.24) is 9.88 Å². The third kappa shape index (κ3) is 6.07. The number of thiazole rings is 1. The Hall–Kier alpha value is -2.20. The van der Waals surface area contributed by atoms with Gasteiger partial charge in [0.25, 0.3) is 0 Å². The first-order valence-electron chi connectivity index (χ1n) is 11.1. The van der Waals surface area contributed by atoms with Gasteiger partial charge < -0.3 is 9.64 Å². The number of aromatic nitrogens is 1. The van der Waals surface area contributed by atoms with Gasteiger partial charge in [0.05, 0.1) is 27.5 Å². The highest BCUT2D eigenvalue weighted by Crippen LogP contribution is 2.38. The summed E-state index contributed by atoms with van der Waals surface area (Å²) < 4.78 is 31.8. The van der Waals surface area contributed by atoms with Crippen LogP contribution >= 0.6 is 22.9 Å². The molecule has 0 radical (unpaired) electrons. The second-order valence-electron chi connectivity index (χ2n) is 7.88. The highest BCUT2D eigenvalue weighted by Gasteiger charge is 2.25. The number of fused-ring (bicyclic) bond motifs is 1. The zero-order valence-corrected chi connectivity index (χ0v) is 22.3. The summed E-state index contributed by atoms with van der Waals surface area (Å²) in [4.78, 5) is 22.0. The molecule has 3 rings (SSSR count). The van der Waals surface area contributed by atoms with Gasteiger partial charge in [-0.2, -0.15) is 0 Å². The van der Waals surface area contributed by atoms with Crippen molar-refractivity contribution in [1.29, 1.82) is 0 Å². The molecule has 1 aromatic heterocycles. The molecular weight excluding hydrogens is 494 g/mol. The number of likely N-dealkylation sites (N-methyl/N-ethyl adjacent to an activating group) is 1. The van der Waals surface area contributed by atoms with E-state index in [0.29, 0.717) is 34.5 Å². The van der Waals surface area contributed by atoms with Crippen molar-refractivity contribution in [2.24, 2.45) is 0 Å². The fourth-order valence-corrected chi connectivity index (χ4v) is 6.08. The number of methoxy groups -OCH3 is 1. The van der Waals surface area contributed by atoms with Crippen molar-refractivity contribution >= 4 is 54.0 Å². The Morgan fingerprint density at radius 2 is 1.76 bits per heavy atom. The number of halogens is 1. The molecule has 0 spiro atoms. The third-order valence-electron chi connectivity index (χ3n) is 5.70. The van der Waals surface area contributed by atoms with E-state index >= 15 is 0 Å². The van der Waals surface area contributed by atoms with E-state index < -0.39 is 9.84 Å². The first kappa shape index (κ1) is 26.4. The summed E-state index contributed by atoms with van der Waals surface area (Å²) in [6.07, 6.45) is -0.144. The standard InChI is InChI=1S/C24H30ClN3O4S2/c1-5-27(6-2)14-15-28(24-26-22-20(32-4)12-11-19(25)23(22)33-24)21(29)13-16-34(30,31)18-9-7-17(3)8-10-18/h7-12H,5-6,13-16H2,1-4H3. The maximum Gasteiger partial charge on any atom is 0.229 e. The van der Waals surface area contributed by atoms with E-state index in [2.05, 4.69) is 23.7 Å². The highest BCUT2D eigenvalue weighted by molar-refractivity contribution is 7.91. The van der Waals surface area contributed by atoms with E-state index in [4.69, 9.17) is 16.3 Å². The number of hydrogen-bond acceptors (Lipinski definition) is 7. The molecule has 0 bridgehead atoms. The summed E-state index contributed by atoms with van der Waals surface area (Å²) in [5.74, 6) is 0.00279. The topological polar surface area (TPSA) is 79.8 Å². The van der Waals surface area contributed by atoms with Gasteiger partial charge in [0.2, 0.25) is 5.91 Å². The van der Waals surface area contributed by atoms with Crippen molar-refractivity contribution in [3.05, 3.63) is 47.0 Å². The van der Waals surface area contributed by atoms with Gasteiger partial charge in [-0.05, 0) is 44.3 Å². The van der Waals surface area contributed by atoms with Crippen LogP contribution in [0.1, 0.15) is 25.8 Å². The number of sulfone groups is 1. The molecule has 0 aliphatic rings. The molecule has 0 aliphatic heterocycles. The van der Waals surface area contributed by atoms with E-state index in [9.17, 15) is 13.2 Å². The van der Waals surface area contributed by atoms with Gasteiger partial charge in [-0.15, -0.1) is 0 Å². The normalized spacial score (nSPS) is 11.8. The minimum atomic E-state index is -3.59. The predicted molar refractivity (Wildman–Crippen MR) is 139 cm³/mol. The molecule has 0 unspecified atom stereocenters. The first-order chi connectivity index (χ1) is 16.2. The summed E-state index contributed by atoms with van der Waals surface area (Å²) >= 11 is 7.68. The first-order valence-corrected chi connectivity index (χ1v) is 14.0. The lowest BCUT2D eigenvalue weighted by molar-refractivity contribution is -0.118. The molecule has 34 heavy (non-hydrogen) atoms. The van der Waals surface area contributed by atoms with Gasteiger partial charge in [-0.1, -0.05) is 54.5 Å². The van der Waals surface area contributed by atoms with Crippen molar-refractivity contribution in [3.63, 3.8) is 0 Å². The average molecular weight is 524 g/mol. The molecule has 0 aliphatic carbocycles. The van der Waals surface area contributed by atoms with Gasteiger partial charge in [0.15, 0.2) is 15.0 Å². The Balaban J connectivity index is 1.88. The number of anilines is 1. The number of amides is 1. The largest absolute Gasteiger partial charge is 0.494 e.